The lowest BCUT2D eigenvalue weighted by atomic mass is 9.71. The maximum absolute atomic E-state index is 12.7. The number of ether oxygens (including phenoxy) is 1. The number of carbonyl (C=O) groups excluding carboxylic acids is 1. The summed E-state index contributed by atoms with van der Waals surface area (Å²) >= 11 is 0. The lowest BCUT2D eigenvalue weighted by molar-refractivity contribution is -0.151. The third-order valence-electron chi connectivity index (χ3n) is 4.96. The molecule has 1 aliphatic rings. The van der Waals surface area contributed by atoms with Gasteiger partial charge in [0.25, 0.3) is 0 Å². The van der Waals surface area contributed by atoms with Gasteiger partial charge in [0, 0.05) is 11.9 Å². The average molecular weight is 404 g/mol. The molecule has 1 aliphatic carbocycles. The van der Waals surface area contributed by atoms with Crippen LogP contribution < -0.4 is 10.5 Å². The van der Waals surface area contributed by atoms with Crippen molar-refractivity contribution in [3.05, 3.63) is 42.2 Å². The number of sulfonamides is 1. The van der Waals surface area contributed by atoms with Gasteiger partial charge in [0.2, 0.25) is 16.0 Å². The van der Waals surface area contributed by atoms with Gasteiger partial charge in [-0.2, -0.15) is 0 Å². The molecule has 3 rings (SSSR count). The monoisotopic (exact) mass is 404 g/mol. The van der Waals surface area contributed by atoms with Crippen LogP contribution in [0, 0.1) is 0 Å². The number of esters is 1. The van der Waals surface area contributed by atoms with Gasteiger partial charge < -0.3 is 10.1 Å². The van der Waals surface area contributed by atoms with E-state index in [-0.39, 0.29) is 10.9 Å². The number of nitrogens with two attached hydrogens (primary N) is 1. The van der Waals surface area contributed by atoms with E-state index in [1.54, 1.807) is 31.3 Å². The molecule has 9 heteroatoms. The van der Waals surface area contributed by atoms with Crippen molar-refractivity contribution in [2.75, 3.05) is 11.9 Å². The fraction of sp³-hybridized carbons (Fsp3) is 0.421. The van der Waals surface area contributed by atoms with Gasteiger partial charge in [0.05, 0.1) is 17.2 Å². The minimum atomic E-state index is -3.75. The van der Waals surface area contributed by atoms with Crippen LogP contribution in [0.25, 0.3) is 0 Å². The molecular formula is C19H24N4O4S. The number of benzene rings is 1. The fourth-order valence-electron chi connectivity index (χ4n) is 3.53. The molecule has 1 fully saturated rings. The average Bonchev–Trinajstić information content (AvgIpc) is 2.68. The van der Waals surface area contributed by atoms with Crippen molar-refractivity contribution in [2.45, 2.75) is 49.3 Å². The maximum atomic E-state index is 12.7. The van der Waals surface area contributed by atoms with Crippen LogP contribution in [0.15, 0.2) is 41.4 Å². The van der Waals surface area contributed by atoms with Crippen molar-refractivity contribution in [3.63, 3.8) is 0 Å². The fourth-order valence-corrected chi connectivity index (χ4v) is 4.05. The minimum Gasteiger partial charge on any atom is -0.465 e. The summed E-state index contributed by atoms with van der Waals surface area (Å²) < 4.78 is 28.1. The molecule has 1 heterocycles. The number of aromatic nitrogens is 2. The van der Waals surface area contributed by atoms with E-state index in [1.165, 1.54) is 12.1 Å². The normalized spacial score (nSPS) is 16.4. The Balaban J connectivity index is 1.87. The lowest BCUT2D eigenvalue weighted by Crippen LogP contribution is -2.40. The summed E-state index contributed by atoms with van der Waals surface area (Å²) in [5, 5.41) is 8.15. The molecule has 0 radical (unpaired) electrons. The quantitative estimate of drug-likeness (QED) is 0.709. The minimum absolute atomic E-state index is 0.0242. The van der Waals surface area contributed by atoms with Crippen molar-refractivity contribution in [1.82, 2.24) is 9.97 Å². The number of rotatable bonds is 6. The second kappa shape index (κ2) is 8.24. The van der Waals surface area contributed by atoms with Gasteiger partial charge in [-0.25, -0.2) is 23.5 Å². The number of hydrogen-bond acceptors (Lipinski definition) is 7. The van der Waals surface area contributed by atoms with Crippen LogP contribution in [0.3, 0.4) is 0 Å². The second-order valence-corrected chi connectivity index (χ2v) is 8.38. The molecule has 0 aliphatic heterocycles. The molecule has 0 bridgehead atoms. The summed E-state index contributed by atoms with van der Waals surface area (Å²) in [5.74, 6) is 0.0898. The molecule has 0 amide bonds. The first kappa shape index (κ1) is 20.2. The smallest absolute Gasteiger partial charge is 0.318 e. The molecule has 1 saturated carbocycles. The third-order valence-corrected chi connectivity index (χ3v) is 5.89. The van der Waals surface area contributed by atoms with Crippen LogP contribution in [0.1, 0.15) is 44.7 Å². The highest BCUT2D eigenvalue weighted by atomic mass is 32.2. The van der Waals surface area contributed by atoms with E-state index < -0.39 is 15.4 Å². The van der Waals surface area contributed by atoms with E-state index in [9.17, 15) is 13.2 Å². The van der Waals surface area contributed by atoms with Gasteiger partial charge in [0.1, 0.15) is 5.41 Å². The van der Waals surface area contributed by atoms with E-state index in [2.05, 4.69) is 15.3 Å². The van der Waals surface area contributed by atoms with Gasteiger partial charge in [-0.05, 0) is 50.1 Å². The largest absolute Gasteiger partial charge is 0.465 e. The summed E-state index contributed by atoms with van der Waals surface area (Å²) in [7, 11) is -3.75. The number of nitrogens with one attached hydrogen (secondary N) is 1. The molecule has 0 atom stereocenters. The lowest BCUT2D eigenvalue weighted by Gasteiger charge is -2.34. The molecule has 0 spiro atoms. The Kier molecular flexibility index (Phi) is 5.95. The summed E-state index contributed by atoms with van der Waals surface area (Å²) in [6.45, 7) is 2.12. The molecule has 1 aromatic carbocycles. The summed E-state index contributed by atoms with van der Waals surface area (Å²) in [6, 6.07) is 7.73. The van der Waals surface area contributed by atoms with Gasteiger partial charge in [0.15, 0.2) is 0 Å². The van der Waals surface area contributed by atoms with E-state index in [1.807, 2.05) is 0 Å². The highest BCUT2D eigenvalue weighted by molar-refractivity contribution is 7.89. The van der Waals surface area contributed by atoms with Crippen molar-refractivity contribution >= 4 is 27.6 Å². The molecule has 3 N–H and O–H groups in total. The van der Waals surface area contributed by atoms with Crippen molar-refractivity contribution < 1.29 is 17.9 Å². The molecule has 8 nitrogen and oxygen atoms in total. The Morgan fingerprint density at radius 3 is 2.46 bits per heavy atom. The van der Waals surface area contributed by atoms with Crippen molar-refractivity contribution in [2.24, 2.45) is 5.14 Å². The van der Waals surface area contributed by atoms with Crippen molar-refractivity contribution in [1.29, 1.82) is 0 Å². The zero-order chi connectivity index (χ0) is 20.2. The molecule has 0 saturated heterocycles. The van der Waals surface area contributed by atoms with Gasteiger partial charge in [-0.3, -0.25) is 4.79 Å². The van der Waals surface area contributed by atoms with Crippen LogP contribution in [0.2, 0.25) is 0 Å². The molecule has 2 aromatic rings. The first-order valence-corrected chi connectivity index (χ1v) is 10.8. The molecule has 28 heavy (non-hydrogen) atoms. The third kappa shape index (κ3) is 4.31. The van der Waals surface area contributed by atoms with E-state index in [4.69, 9.17) is 9.88 Å². The van der Waals surface area contributed by atoms with Crippen molar-refractivity contribution in [3.8, 4) is 0 Å². The zero-order valence-corrected chi connectivity index (χ0v) is 16.5. The summed E-state index contributed by atoms with van der Waals surface area (Å²) in [4.78, 5) is 21.6. The van der Waals surface area contributed by atoms with Gasteiger partial charge >= 0.3 is 5.97 Å². The molecular weight excluding hydrogens is 380 g/mol. The maximum Gasteiger partial charge on any atom is 0.318 e. The highest BCUT2D eigenvalue weighted by Crippen LogP contribution is 2.40. The Morgan fingerprint density at radius 1 is 1.18 bits per heavy atom. The van der Waals surface area contributed by atoms with E-state index in [0.29, 0.717) is 36.8 Å². The van der Waals surface area contributed by atoms with E-state index >= 15 is 0 Å². The Morgan fingerprint density at radius 2 is 1.86 bits per heavy atom. The number of anilines is 2. The topological polar surface area (TPSA) is 124 Å². The number of nitrogens with zero attached hydrogens (tertiary/aromatic N) is 2. The number of hydrogen-bond donors (Lipinski definition) is 2. The summed E-state index contributed by atoms with van der Waals surface area (Å²) in [6.07, 6.45) is 5.99. The van der Waals surface area contributed by atoms with Gasteiger partial charge in [-0.15, -0.1) is 0 Å². The molecule has 1 aromatic heterocycles. The number of primary sulfonamides is 1. The first-order chi connectivity index (χ1) is 13.3. The Bertz CT molecular complexity index is 939. The predicted molar refractivity (Wildman–Crippen MR) is 105 cm³/mol. The zero-order valence-electron chi connectivity index (χ0n) is 15.7. The van der Waals surface area contributed by atoms with Crippen LogP contribution in [0.4, 0.5) is 11.6 Å². The highest BCUT2D eigenvalue weighted by Gasteiger charge is 2.44. The molecule has 150 valence electrons. The van der Waals surface area contributed by atoms with Crippen LogP contribution in [0.5, 0.6) is 0 Å². The second-order valence-electron chi connectivity index (χ2n) is 6.82. The van der Waals surface area contributed by atoms with Crippen LogP contribution in [-0.2, 0) is 25.0 Å². The van der Waals surface area contributed by atoms with Crippen LogP contribution in [-0.4, -0.2) is 31.0 Å². The number of carbonyl (C=O) groups is 1. The van der Waals surface area contributed by atoms with Gasteiger partial charge in [-0.1, -0.05) is 19.3 Å². The standard InChI is InChI=1S/C19H24N4O4S/c1-2-27-17(24)19(11-4-3-5-12-19)16-10-13-21-18(23-16)22-14-6-8-15(9-7-14)28(20,25)26/h6-10,13H,2-5,11-12H2,1H3,(H2,20,25,26)(H,21,22,23). The SMILES string of the molecule is CCOC(=O)C1(c2ccnc(Nc3ccc(S(N)(=O)=O)cc3)n2)CCCCC1. The predicted octanol–water partition coefficient (Wildman–Crippen LogP) is 2.63. The Labute approximate surface area is 164 Å². The molecule has 0 unspecified atom stereocenters. The first-order valence-electron chi connectivity index (χ1n) is 9.26. The summed E-state index contributed by atoms with van der Waals surface area (Å²) in [5.41, 5.74) is 0.508. The Hall–Kier alpha value is -2.52. The van der Waals surface area contributed by atoms with E-state index in [0.717, 1.165) is 19.3 Å². The van der Waals surface area contributed by atoms with Crippen LogP contribution >= 0.6 is 0 Å².